The van der Waals surface area contributed by atoms with Crippen LogP contribution in [0.15, 0.2) is 165 Å². The first kappa shape index (κ1) is 27.9. The molecule has 0 aliphatic carbocycles. The summed E-state index contributed by atoms with van der Waals surface area (Å²) < 4.78 is 19.9. The largest absolute Gasteiger partial charge is 0.456 e. The number of furan rings is 3. The Labute approximate surface area is 290 Å². The zero-order chi connectivity index (χ0) is 33.5. The van der Waals surface area contributed by atoms with Crippen LogP contribution in [0.3, 0.4) is 0 Å². The van der Waals surface area contributed by atoms with Crippen molar-refractivity contribution in [3.63, 3.8) is 0 Å². The van der Waals surface area contributed by atoms with E-state index < -0.39 is 0 Å². The molecule has 0 aliphatic heterocycles. The minimum atomic E-state index is 0.490. The molecule has 0 fully saturated rings. The van der Waals surface area contributed by atoms with Crippen LogP contribution in [0, 0.1) is 0 Å². The maximum atomic E-state index is 6.73. The van der Waals surface area contributed by atoms with Crippen molar-refractivity contribution in [3.8, 4) is 45.3 Å². The van der Waals surface area contributed by atoms with Crippen molar-refractivity contribution in [3.05, 3.63) is 152 Å². The molecule has 0 saturated heterocycles. The van der Waals surface area contributed by atoms with E-state index in [-0.39, 0.29) is 0 Å². The van der Waals surface area contributed by atoms with E-state index in [0.29, 0.717) is 34.2 Å². The summed E-state index contributed by atoms with van der Waals surface area (Å²) >= 11 is 0. The van der Waals surface area contributed by atoms with E-state index in [1.54, 1.807) is 0 Å². The predicted octanol–water partition coefficient (Wildman–Crippen LogP) is 12.2. The zero-order valence-corrected chi connectivity index (χ0v) is 27.0. The summed E-state index contributed by atoms with van der Waals surface area (Å²) in [5, 5.41) is 5.86. The molecule has 0 amide bonds. The van der Waals surface area contributed by atoms with Gasteiger partial charge in [0, 0.05) is 38.1 Å². The maximum absolute atomic E-state index is 6.73. The third-order valence-corrected chi connectivity index (χ3v) is 9.73. The average molecular weight is 656 g/mol. The Bertz CT molecular complexity index is 3140. The van der Waals surface area contributed by atoms with Crippen molar-refractivity contribution in [2.24, 2.45) is 0 Å². The lowest BCUT2D eigenvalue weighted by atomic mass is 10.0. The molecule has 4 aromatic heterocycles. The first-order valence-electron chi connectivity index (χ1n) is 16.9. The molecule has 0 saturated carbocycles. The van der Waals surface area contributed by atoms with E-state index in [1.165, 1.54) is 0 Å². The standard InChI is InChI=1S/C45H25N3O3/c1-3-12-26(13-4-1)28-16-11-17-29(24-28)44-46-43(27-14-5-2-6-15-27)47-45(48-44)33-25-37-39(38-32-19-8-10-21-35(32)51-42(33)38)40-36(49-37)23-22-31-30-18-7-9-20-34(30)50-41(31)40/h1-25H. The van der Waals surface area contributed by atoms with Gasteiger partial charge in [-0.05, 0) is 47.5 Å². The van der Waals surface area contributed by atoms with Crippen LogP contribution >= 0.6 is 0 Å². The van der Waals surface area contributed by atoms with Crippen molar-refractivity contribution in [2.45, 2.75) is 0 Å². The lowest BCUT2D eigenvalue weighted by molar-refractivity contribution is 0.660. The van der Waals surface area contributed by atoms with Gasteiger partial charge >= 0.3 is 0 Å². The number of nitrogens with zero attached hydrogens (tertiary/aromatic N) is 3. The van der Waals surface area contributed by atoms with Crippen LogP contribution in [0.4, 0.5) is 0 Å². The van der Waals surface area contributed by atoms with E-state index in [4.69, 9.17) is 28.2 Å². The molecule has 238 valence electrons. The quantitative estimate of drug-likeness (QED) is 0.188. The fraction of sp³-hybridized carbons (Fsp3) is 0. The summed E-state index contributed by atoms with van der Waals surface area (Å²) in [5.41, 5.74) is 9.19. The molecule has 0 atom stereocenters. The molecule has 0 N–H and O–H groups in total. The van der Waals surface area contributed by atoms with Gasteiger partial charge in [0.2, 0.25) is 0 Å². The molecule has 0 radical (unpaired) electrons. The lowest BCUT2D eigenvalue weighted by Crippen LogP contribution is -2.00. The number of para-hydroxylation sites is 2. The SMILES string of the molecule is c1ccc(-c2cccc(-c3nc(-c4ccccc4)nc(-c4cc5oc6ccc7c8ccccc8oc7c6c5c5c4oc4ccccc45)n3)c2)cc1. The van der Waals surface area contributed by atoms with E-state index in [1.807, 2.05) is 109 Å². The van der Waals surface area contributed by atoms with Gasteiger partial charge in [0.25, 0.3) is 0 Å². The molecule has 11 aromatic rings. The van der Waals surface area contributed by atoms with Gasteiger partial charge in [-0.15, -0.1) is 0 Å². The van der Waals surface area contributed by atoms with E-state index in [0.717, 1.165) is 76.9 Å². The number of aromatic nitrogens is 3. The second kappa shape index (κ2) is 10.7. The molecule has 6 heteroatoms. The number of fused-ring (bicyclic) bond motifs is 11. The van der Waals surface area contributed by atoms with E-state index in [9.17, 15) is 0 Å². The first-order chi connectivity index (χ1) is 25.3. The molecule has 0 spiro atoms. The van der Waals surface area contributed by atoms with Gasteiger partial charge in [-0.2, -0.15) is 0 Å². The minimum Gasteiger partial charge on any atom is -0.456 e. The summed E-state index contributed by atoms with van der Waals surface area (Å²) in [6.45, 7) is 0. The highest BCUT2D eigenvalue weighted by Crippen LogP contribution is 2.47. The molecule has 7 aromatic carbocycles. The topological polar surface area (TPSA) is 78.1 Å². The van der Waals surface area contributed by atoms with Gasteiger partial charge in [-0.1, -0.05) is 115 Å². The normalized spacial score (nSPS) is 11.9. The van der Waals surface area contributed by atoms with Gasteiger partial charge in [-0.3, -0.25) is 0 Å². The van der Waals surface area contributed by atoms with Gasteiger partial charge in [-0.25, -0.2) is 15.0 Å². The average Bonchev–Trinajstić information content (AvgIpc) is 3.89. The third kappa shape index (κ3) is 4.26. The minimum absolute atomic E-state index is 0.490. The van der Waals surface area contributed by atoms with Crippen LogP contribution in [-0.4, -0.2) is 15.0 Å². The van der Waals surface area contributed by atoms with Crippen molar-refractivity contribution < 1.29 is 13.3 Å². The van der Waals surface area contributed by atoms with Gasteiger partial charge in [0.15, 0.2) is 17.5 Å². The number of rotatable bonds is 4. The van der Waals surface area contributed by atoms with Crippen molar-refractivity contribution in [2.75, 3.05) is 0 Å². The highest BCUT2D eigenvalue weighted by atomic mass is 16.3. The summed E-state index contributed by atoms with van der Waals surface area (Å²) in [6, 6.07) is 51.0. The Balaban J connectivity index is 1.22. The summed E-state index contributed by atoms with van der Waals surface area (Å²) in [7, 11) is 0. The van der Waals surface area contributed by atoms with Crippen molar-refractivity contribution in [1.82, 2.24) is 15.0 Å². The Morgan fingerprint density at radius 3 is 1.73 bits per heavy atom. The molecule has 6 nitrogen and oxygen atoms in total. The summed E-state index contributed by atoms with van der Waals surface area (Å²) in [5.74, 6) is 1.62. The maximum Gasteiger partial charge on any atom is 0.168 e. The highest BCUT2D eigenvalue weighted by molar-refractivity contribution is 6.33. The van der Waals surface area contributed by atoms with Gasteiger partial charge in [0.1, 0.15) is 33.5 Å². The molecule has 11 rings (SSSR count). The summed E-state index contributed by atoms with van der Waals surface area (Å²) in [6.07, 6.45) is 0. The molecule has 0 aliphatic rings. The Kier molecular flexibility index (Phi) is 5.86. The second-order valence-corrected chi connectivity index (χ2v) is 12.7. The fourth-order valence-electron chi connectivity index (χ4n) is 7.39. The molecule has 0 unspecified atom stereocenters. The smallest absolute Gasteiger partial charge is 0.168 e. The number of hydrogen-bond acceptors (Lipinski definition) is 6. The number of benzene rings is 7. The second-order valence-electron chi connectivity index (χ2n) is 12.7. The Morgan fingerprint density at radius 2 is 0.922 bits per heavy atom. The Hall–Kier alpha value is -7.05. The zero-order valence-electron chi connectivity index (χ0n) is 27.0. The van der Waals surface area contributed by atoms with E-state index >= 15 is 0 Å². The fourth-order valence-corrected chi connectivity index (χ4v) is 7.39. The molecule has 51 heavy (non-hydrogen) atoms. The van der Waals surface area contributed by atoms with Crippen LogP contribution in [0.25, 0.3) is 111 Å². The number of hydrogen-bond donors (Lipinski definition) is 0. The highest BCUT2D eigenvalue weighted by Gasteiger charge is 2.25. The van der Waals surface area contributed by atoms with Crippen LogP contribution in [-0.2, 0) is 0 Å². The first-order valence-corrected chi connectivity index (χ1v) is 16.9. The molecular weight excluding hydrogens is 631 g/mol. The molecular formula is C45H25N3O3. The van der Waals surface area contributed by atoms with Crippen molar-refractivity contribution in [1.29, 1.82) is 0 Å². The van der Waals surface area contributed by atoms with Crippen LogP contribution in [0.5, 0.6) is 0 Å². The van der Waals surface area contributed by atoms with Gasteiger partial charge < -0.3 is 13.3 Å². The van der Waals surface area contributed by atoms with Crippen LogP contribution in [0.1, 0.15) is 0 Å². The van der Waals surface area contributed by atoms with Crippen molar-refractivity contribution >= 4 is 65.8 Å². The lowest BCUT2D eigenvalue weighted by Gasteiger charge is -2.10. The Morgan fingerprint density at radius 1 is 0.314 bits per heavy atom. The van der Waals surface area contributed by atoms with Crippen LogP contribution in [0.2, 0.25) is 0 Å². The van der Waals surface area contributed by atoms with E-state index in [2.05, 4.69) is 42.5 Å². The molecule has 0 bridgehead atoms. The molecule has 4 heterocycles. The third-order valence-electron chi connectivity index (χ3n) is 9.73. The predicted molar refractivity (Wildman–Crippen MR) is 203 cm³/mol. The monoisotopic (exact) mass is 655 g/mol. The van der Waals surface area contributed by atoms with Crippen LogP contribution < -0.4 is 0 Å². The summed E-state index contributed by atoms with van der Waals surface area (Å²) in [4.78, 5) is 15.3. The van der Waals surface area contributed by atoms with Gasteiger partial charge in [0.05, 0.1) is 10.9 Å².